The predicted molar refractivity (Wildman–Crippen MR) is 168 cm³/mol. The van der Waals surface area contributed by atoms with Crippen LogP contribution in [0.15, 0.2) is 79.3 Å². The van der Waals surface area contributed by atoms with E-state index in [2.05, 4.69) is 30.8 Å². The Morgan fingerprint density at radius 2 is 1.98 bits per heavy atom. The molecule has 0 aliphatic carbocycles. The maximum atomic E-state index is 13.2. The number of pyridine rings is 1. The molecule has 0 radical (unpaired) electrons. The van der Waals surface area contributed by atoms with Crippen LogP contribution in [0, 0.1) is 0 Å². The summed E-state index contributed by atoms with van der Waals surface area (Å²) in [6.45, 7) is 0.338. The molecule has 0 fully saturated rings. The van der Waals surface area contributed by atoms with Crippen molar-refractivity contribution in [1.29, 1.82) is 0 Å². The highest BCUT2D eigenvalue weighted by Crippen LogP contribution is 2.29. The van der Waals surface area contributed by atoms with Gasteiger partial charge < -0.3 is 20.1 Å². The third-order valence-corrected chi connectivity index (χ3v) is 7.16. The normalized spacial score (nSPS) is 11.9. The number of aromatic amines is 1. The summed E-state index contributed by atoms with van der Waals surface area (Å²) in [4.78, 5) is 38.1. The zero-order chi connectivity index (χ0) is 31.8. The molecule has 0 bridgehead atoms. The van der Waals surface area contributed by atoms with Crippen molar-refractivity contribution >= 4 is 47.1 Å². The Morgan fingerprint density at radius 1 is 1.16 bits per heavy atom. The van der Waals surface area contributed by atoms with Gasteiger partial charge in [0, 0.05) is 35.5 Å². The molecule has 0 unspecified atom stereocenters. The second-order valence-electron chi connectivity index (χ2n) is 9.66. The van der Waals surface area contributed by atoms with Crippen LogP contribution in [0.5, 0.6) is 0 Å². The van der Waals surface area contributed by atoms with E-state index in [0.717, 1.165) is 10.5 Å². The summed E-state index contributed by atoms with van der Waals surface area (Å²) < 4.78 is 6.47. The Hall–Kier alpha value is -5.11. The van der Waals surface area contributed by atoms with E-state index in [1.807, 2.05) is 30.3 Å². The number of imidazole rings is 1. The molecule has 230 valence electrons. The fraction of sp³-hybridized carbons (Fsp3) is 0.167. The number of methoxy groups -OCH3 is 1. The van der Waals surface area contributed by atoms with E-state index in [-0.39, 0.29) is 30.0 Å². The van der Waals surface area contributed by atoms with Crippen LogP contribution >= 0.6 is 23.2 Å². The van der Waals surface area contributed by atoms with Crippen molar-refractivity contribution in [3.63, 3.8) is 0 Å². The molecule has 0 aliphatic heterocycles. The molecule has 0 spiro atoms. The van der Waals surface area contributed by atoms with Gasteiger partial charge in [0.25, 0.3) is 0 Å². The number of amides is 2. The number of hydrogen-bond donors (Lipinski definition) is 3. The molecule has 3 aromatic heterocycles. The van der Waals surface area contributed by atoms with E-state index in [4.69, 9.17) is 32.9 Å². The summed E-state index contributed by atoms with van der Waals surface area (Å²) in [5, 5.41) is 24.6. The molecule has 5 aromatic rings. The Kier molecular flexibility index (Phi) is 10.1. The molecule has 2 aromatic carbocycles. The molecular weight excluding hydrogens is 621 g/mol. The van der Waals surface area contributed by atoms with E-state index < -0.39 is 12.1 Å². The fourth-order valence-electron chi connectivity index (χ4n) is 4.49. The van der Waals surface area contributed by atoms with Gasteiger partial charge in [-0.05, 0) is 58.8 Å². The number of ether oxygens (including phenoxy) is 1. The number of carboxylic acid groups (broad SMARTS) is 1. The number of aromatic nitrogens is 7. The summed E-state index contributed by atoms with van der Waals surface area (Å²) >= 11 is 12.8. The molecule has 0 saturated heterocycles. The Morgan fingerprint density at radius 3 is 2.67 bits per heavy atom. The lowest BCUT2D eigenvalue weighted by Crippen LogP contribution is -2.33. The summed E-state index contributed by atoms with van der Waals surface area (Å²) in [5.74, 6) is 0.275. The Balaban J connectivity index is 1.39. The van der Waals surface area contributed by atoms with E-state index >= 15 is 0 Å². The zero-order valence-corrected chi connectivity index (χ0v) is 25.4. The molecule has 0 aliphatic rings. The number of anilines is 1. The van der Waals surface area contributed by atoms with Crippen molar-refractivity contribution in [3.8, 4) is 16.9 Å². The monoisotopic (exact) mass is 647 g/mol. The number of tetrazole rings is 1. The van der Waals surface area contributed by atoms with Gasteiger partial charge in [-0.15, -0.1) is 5.10 Å². The number of halogens is 2. The average Bonchev–Trinajstić information content (AvgIpc) is 3.71. The number of hydrogen-bond acceptors (Lipinski definition) is 8. The van der Waals surface area contributed by atoms with Gasteiger partial charge in [-0.1, -0.05) is 53.5 Å². The van der Waals surface area contributed by atoms with Crippen LogP contribution in [0.2, 0.25) is 10.2 Å². The quantitative estimate of drug-likeness (QED) is 0.158. The third-order valence-electron chi connectivity index (χ3n) is 6.65. The number of carbonyl (C=O) groups excluding carboxylic acids is 1. The van der Waals surface area contributed by atoms with Crippen LogP contribution in [0.1, 0.15) is 23.0 Å². The van der Waals surface area contributed by atoms with Gasteiger partial charge in [-0.2, -0.15) is 4.68 Å². The maximum Gasteiger partial charge on any atom is 0.413 e. The smallest absolute Gasteiger partial charge is 0.413 e. The van der Waals surface area contributed by atoms with Crippen molar-refractivity contribution in [2.75, 3.05) is 25.2 Å². The number of H-pyrrole nitrogens is 1. The lowest BCUT2D eigenvalue weighted by Gasteiger charge is -2.17. The maximum absolute atomic E-state index is 13.2. The lowest BCUT2D eigenvalue weighted by molar-refractivity contribution is -0.117. The zero-order valence-electron chi connectivity index (χ0n) is 23.8. The van der Waals surface area contributed by atoms with E-state index in [9.17, 15) is 14.7 Å². The van der Waals surface area contributed by atoms with Crippen LogP contribution in [0.4, 0.5) is 10.6 Å². The van der Waals surface area contributed by atoms with Gasteiger partial charge >= 0.3 is 6.09 Å². The molecule has 1 atom stereocenters. The van der Waals surface area contributed by atoms with E-state index in [1.165, 1.54) is 30.4 Å². The lowest BCUT2D eigenvalue weighted by atomic mass is 10.1. The second-order valence-corrected chi connectivity index (χ2v) is 10.5. The first kappa shape index (κ1) is 31.3. The first-order valence-electron chi connectivity index (χ1n) is 13.6. The van der Waals surface area contributed by atoms with Gasteiger partial charge in [0.2, 0.25) is 5.91 Å². The number of rotatable bonds is 12. The first-order valence-corrected chi connectivity index (χ1v) is 14.3. The number of benzene rings is 2. The van der Waals surface area contributed by atoms with Crippen LogP contribution < -0.4 is 10.2 Å². The molecule has 13 nitrogen and oxygen atoms in total. The molecule has 3 heterocycles. The summed E-state index contributed by atoms with van der Waals surface area (Å²) in [6, 6.07) is 17.5. The van der Waals surface area contributed by atoms with Gasteiger partial charge in [-0.3, -0.25) is 9.69 Å². The van der Waals surface area contributed by atoms with Crippen molar-refractivity contribution < 1.29 is 19.4 Å². The standard InChI is InChI=1S/C30H27Cl2N9O4/c1-45-14-13-40(30(43)44)25-11-7-21(17-33-25)27-28(32)37-29(36-27)23(15-19-5-3-2-4-6-19)35-26(42)12-8-20-16-22(31)9-10-24(20)41-18-34-38-39-41/h2-12,16-18,23H,13-15H2,1H3,(H,35,42)(H,36,37)(H,43,44)/b12-8+/t23-/m0/s1. The Bertz CT molecular complexity index is 1780. The molecule has 3 N–H and O–H groups in total. The third kappa shape index (κ3) is 7.89. The molecule has 0 saturated carbocycles. The summed E-state index contributed by atoms with van der Waals surface area (Å²) in [6.07, 6.45) is 5.22. The van der Waals surface area contributed by atoms with Crippen LogP contribution in [0.3, 0.4) is 0 Å². The minimum atomic E-state index is -1.15. The molecule has 15 heteroatoms. The minimum absolute atomic E-state index is 0.122. The van der Waals surface area contributed by atoms with Crippen molar-refractivity contribution in [2.45, 2.75) is 12.5 Å². The highest BCUT2D eigenvalue weighted by Gasteiger charge is 2.22. The van der Waals surface area contributed by atoms with E-state index in [1.54, 1.807) is 36.4 Å². The highest BCUT2D eigenvalue weighted by atomic mass is 35.5. The predicted octanol–water partition coefficient (Wildman–Crippen LogP) is 5.00. The van der Waals surface area contributed by atoms with Crippen LogP contribution in [0.25, 0.3) is 23.0 Å². The molecule has 5 rings (SSSR count). The van der Waals surface area contributed by atoms with E-state index in [0.29, 0.717) is 39.8 Å². The summed E-state index contributed by atoms with van der Waals surface area (Å²) in [7, 11) is 1.49. The highest BCUT2D eigenvalue weighted by molar-refractivity contribution is 6.32. The average molecular weight is 649 g/mol. The number of nitrogens with one attached hydrogen (secondary N) is 2. The van der Waals surface area contributed by atoms with Crippen molar-refractivity contribution in [2.24, 2.45) is 0 Å². The van der Waals surface area contributed by atoms with Crippen molar-refractivity contribution in [1.82, 2.24) is 40.5 Å². The fourth-order valence-corrected chi connectivity index (χ4v) is 4.92. The second kappa shape index (κ2) is 14.6. The summed E-state index contributed by atoms with van der Waals surface area (Å²) in [5.41, 5.74) is 3.20. The van der Waals surface area contributed by atoms with Gasteiger partial charge in [0.15, 0.2) is 0 Å². The van der Waals surface area contributed by atoms with Gasteiger partial charge in [-0.25, -0.2) is 14.8 Å². The number of carbonyl (C=O) groups is 2. The topological polar surface area (TPSA) is 164 Å². The number of nitrogens with zero attached hydrogens (tertiary/aromatic N) is 7. The van der Waals surface area contributed by atoms with Crippen molar-refractivity contribution in [3.05, 3.63) is 106 Å². The largest absolute Gasteiger partial charge is 0.465 e. The SMILES string of the molecule is COCCN(C(=O)O)c1ccc(-c2nc([C@H](Cc3ccccc3)NC(=O)/C=C/c3cc(Cl)ccc3-n3cnnn3)[nH]c2Cl)cn1. The first-order chi connectivity index (χ1) is 21.8. The van der Waals surface area contributed by atoms with Crippen LogP contribution in [-0.4, -0.2) is 72.5 Å². The molecule has 45 heavy (non-hydrogen) atoms. The van der Waals surface area contributed by atoms with Gasteiger partial charge in [0.05, 0.1) is 24.9 Å². The molecular formula is C30H27Cl2N9O4. The Labute approximate surface area is 267 Å². The molecule has 2 amide bonds. The van der Waals surface area contributed by atoms with Gasteiger partial charge in [0.1, 0.15) is 28.8 Å². The van der Waals surface area contributed by atoms with Crippen LogP contribution in [-0.2, 0) is 16.0 Å². The minimum Gasteiger partial charge on any atom is -0.465 e.